The number of allylic oxidation sites excluding steroid dienone is 8. The summed E-state index contributed by atoms with van der Waals surface area (Å²) in [5.74, 6) is 0. The highest BCUT2D eigenvalue weighted by atomic mass is 16.5. The third kappa shape index (κ3) is 6.77. The summed E-state index contributed by atoms with van der Waals surface area (Å²) in [4.78, 5) is 4.51. The Labute approximate surface area is 267 Å². The molecule has 0 bridgehead atoms. The standard InChI is InChI=1S/C41H41N3O/c1-32-38(39(42-2)44-37-22-10-5-11-23-37)24-12-13-27-45-31-41(32)26-15-17-34(29-41)33-16-14-25-40(28-33,35-18-6-3-7-19-35)30-43-36-20-8-4-9-21-36/h3-24,28-29,39,43-44H,1-2,25-27,30-31H2/b13-12-,38-24+. The lowest BCUT2D eigenvalue weighted by atomic mass is 9.68. The minimum absolute atomic E-state index is 0.209. The number of anilines is 2. The van der Waals surface area contributed by atoms with Crippen LogP contribution >= 0.6 is 0 Å². The fourth-order valence-corrected chi connectivity index (χ4v) is 6.47. The number of rotatable bonds is 9. The van der Waals surface area contributed by atoms with Crippen molar-refractivity contribution in [3.63, 3.8) is 0 Å². The molecule has 1 aliphatic heterocycles. The Balaban J connectivity index is 1.36. The van der Waals surface area contributed by atoms with Gasteiger partial charge in [0, 0.05) is 28.7 Å². The highest BCUT2D eigenvalue weighted by Gasteiger charge is 2.38. The van der Waals surface area contributed by atoms with Gasteiger partial charge in [-0.05, 0) is 71.7 Å². The van der Waals surface area contributed by atoms with Crippen molar-refractivity contribution in [3.05, 3.63) is 180 Å². The fourth-order valence-electron chi connectivity index (χ4n) is 6.47. The summed E-state index contributed by atoms with van der Waals surface area (Å²) in [5.41, 5.74) is 7.11. The average molecular weight is 592 g/mol. The summed E-state index contributed by atoms with van der Waals surface area (Å²) < 4.78 is 6.26. The molecule has 0 aromatic heterocycles. The van der Waals surface area contributed by atoms with Gasteiger partial charge in [0.2, 0.25) is 0 Å². The van der Waals surface area contributed by atoms with Crippen molar-refractivity contribution in [1.82, 2.24) is 0 Å². The van der Waals surface area contributed by atoms with Crippen LogP contribution in [-0.4, -0.2) is 32.6 Å². The van der Waals surface area contributed by atoms with Gasteiger partial charge in [0.25, 0.3) is 0 Å². The van der Waals surface area contributed by atoms with Gasteiger partial charge in [-0.2, -0.15) is 0 Å². The zero-order valence-electron chi connectivity index (χ0n) is 25.7. The number of ether oxygens (including phenoxy) is 1. The van der Waals surface area contributed by atoms with Gasteiger partial charge < -0.3 is 15.4 Å². The molecule has 6 rings (SSSR count). The van der Waals surface area contributed by atoms with Crippen molar-refractivity contribution in [2.24, 2.45) is 10.4 Å². The van der Waals surface area contributed by atoms with Crippen molar-refractivity contribution in [2.75, 3.05) is 30.4 Å². The van der Waals surface area contributed by atoms with Gasteiger partial charge in [0.15, 0.2) is 0 Å². The van der Waals surface area contributed by atoms with E-state index in [1.54, 1.807) is 0 Å². The number of nitrogens with zero attached hydrogens (tertiary/aromatic N) is 1. The Bertz CT molecular complexity index is 1680. The maximum Gasteiger partial charge on any atom is 0.144 e. The van der Waals surface area contributed by atoms with E-state index in [2.05, 4.69) is 119 Å². The highest BCUT2D eigenvalue weighted by Crippen LogP contribution is 2.45. The van der Waals surface area contributed by atoms with Crippen LogP contribution in [0.1, 0.15) is 18.4 Å². The first-order valence-electron chi connectivity index (χ1n) is 15.7. The molecular weight excluding hydrogens is 550 g/mol. The molecule has 0 fully saturated rings. The van der Waals surface area contributed by atoms with Crippen LogP contribution in [0.25, 0.3) is 0 Å². The van der Waals surface area contributed by atoms with Gasteiger partial charge in [-0.25, -0.2) is 0 Å². The van der Waals surface area contributed by atoms with Crippen molar-refractivity contribution in [1.29, 1.82) is 0 Å². The lowest BCUT2D eigenvalue weighted by Gasteiger charge is -2.38. The summed E-state index contributed by atoms with van der Waals surface area (Å²) in [6.07, 6.45) is 21.5. The van der Waals surface area contributed by atoms with Crippen molar-refractivity contribution in [3.8, 4) is 0 Å². The second kappa shape index (κ2) is 13.8. The van der Waals surface area contributed by atoms with Crippen LogP contribution in [0.15, 0.2) is 180 Å². The predicted molar refractivity (Wildman–Crippen MR) is 190 cm³/mol. The van der Waals surface area contributed by atoms with E-state index in [1.165, 1.54) is 16.7 Å². The zero-order chi connectivity index (χ0) is 31.0. The van der Waals surface area contributed by atoms with Crippen LogP contribution < -0.4 is 10.6 Å². The maximum absolute atomic E-state index is 6.26. The Morgan fingerprint density at radius 3 is 2.13 bits per heavy atom. The van der Waals surface area contributed by atoms with E-state index in [-0.39, 0.29) is 11.6 Å². The van der Waals surface area contributed by atoms with Crippen LogP contribution in [0.5, 0.6) is 0 Å². The summed E-state index contributed by atoms with van der Waals surface area (Å²) in [5, 5.41) is 7.27. The molecule has 3 aromatic rings. The summed E-state index contributed by atoms with van der Waals surface area (Å²) >= 11 is 0. The van der Waals surface area contributed by atoms with Crippen LogP contribution in [-0.2, 0) is 10.2 Å². The van der Waals surface area contributed by atoms with Gasteiger partial charge in [-0.15, -0.1) is 0 Å². The second-order valence-electron chi connectivity index (χ2n) is 11.9. The third-order valence-electron chi connectivity index (χ3n) is 8.98. The van der Waals surface area contributed by atoms with Crippen LogP contribution in [0.4, 0.5) is 11.4 Å². The molecule has 2 N–H and O–H groups in total. The van der Waals surface area contributed by atoms with E-state index >= 15 is 0 Å². The smallest absolute Gasteiger partial charge is 0.144 e. The molecule has 1 spiro atoms. The normalized spacial score (nSPS) is 25.4. The van der Waals surface area contributed by atoms with Gasteiger partial charge in [0.1, 0.15) is 6.17 Å². The Kier molecular flexibility index (Phi) is 9.23. The molecule has 3 aliphatic rings. The number of hydrogen-bond donors (Lipinski definition) is 2. The number of para-hydroxylation sites is 2. The molecule has 226 valence electrons. The molecule has 0 amide bonds. The molecule has 4 nitrogen and oxygen atoms in total. The van der Waals surface area contributed by atoms with Crippen molar-refractivity contribution < 1.29 is 4.74 Å². The number of nitrogens with one attached hydrogen (secondary N) is 2. The molecule has 3 unspecified atom stereocenters. The monoisotopic (exact) mass is 591 g/mol. The topological polar surface area (TPSA) is 45.7 Å². The molecule has 3 aromatic carbocycles. The van der Waals surface area contributed by atoms with Crippen LogP contribution in [0.3, 0.4) is 0 Å². The molecule has 0 saturated carbocycles. The van der Waals surface area contributed by atoms with Crippen molar-refractivity contribution >= 4 is 18.1 Å². The summed E-state index contributed by atoms with van der Waals surface area (Å²) in [6, 6.07) is 31.4. The van der Waals surface area contributed by atoms with Gasteiger partial charge >= 0.3 is 0 Å². The van der Waals surface area contributed by atoms with Crippen LogP contribution in [0.2, 0.25) is 0 Å². The highest BCUT2D eigenvalue weighted by molar-refractivity contribution is 5.59. The lowest BCUT2D eigenvalue weighted by Crippen LogP contribution is -2.35. The van der Waals surface area contributed by atoms with Gasteiger partial charge in [0.05, 0.1) is 13.2 Å². The first-order chi connectivity index (χ1) is 22.1. The largest absolute Gasteiger partial charge is 0.384 e. The minimum atomic E-state index is -0.437. The van der Waals surface area contributed by atoms with E-state index in [1.807, 2.05) is 48.6 Å². The molecule has 0 radical (unpaired) electrons. The van der Waals surface area contributed by atoms with E-state index in [4.69, 9.17) is 11.3 Å². The summed E-state index contributed by atoms with van der Waals surface area (Å²) in [7, 11) is 0. The van der Waals surface area contributed by atoms with E-state index in [0.29, 0.717) is 13.2 Å². The first kappa shape index (κ1) is 30.1. The maximum atomic E-state index is 6.26. The van der Waals surface area contributed by atoms with Gasteiger partial charge in [-0.1, -0.05) is 128 Å². The molecule has 45 heavy (non-hydrogen) atoms. The predicted octanol–water partition coefficient (Wildman–Crippen LogP) is 9.00. The van der Waals surface area contributed by atoms with E-state index in [0.717, 1.165) is 41.9 Å². The quantitative estimate of drug-likeness (QED) is 0.244. The molecular formula is C41H41N3O. The van der Waals surface area contributed by atoms with E-state index < -0.39 is 5.41 Å². The fraction of sp³-hybridized carbons (Fsp3) is 0.195. The number of aliphatic imine (C=N–C) groups is 1. The Hall–Kier alpha value is -4.93. The average Bonchev–Trinajstić information content (AvgIpc) is 3.17. The number of hydrogen-bond acceptors (Lipinski definition) is 4. The SMILES string of the molecule is C=NC(Nc1ccccc1)/C1=C/C=C\COCC2(C=C(C3=CC(CNc4ccccc4)(c4ccccc4)CC=C3)C=CC2)C1=C. The summed E-state index contributed by atoms with van der Waals surface area (Å²) in [6.45, 7) is 10.5. The molecule has 1 heterocycles. The second-order valence-corrected chi connectivity index (χ2v) is 11.9. The Morgan fingerprint density at radius 2 is 1.42 bits per heavy atom. The molecule has 3 atom stereocenters. The Morgan fingerprint density at radius 1 is 0.778 bits per heavy atom. The first-order valence-corrected chi connectivity index (χ1v) is 15.7. The van der Waals surface area contributed by atoms with Crippen LogP contribution in [0, 0.1) is 5.41 Å². The molecule has 0 saturated heterocycles. The van der Waals surface area contributed by atoms with Crippen molar-refractivity contribution in [2.45, 2.75) is 24.4 Å². The van der Waals surface area contributed by atoms with E-state index in [9.17, 15) is 0 Å². The van der Waals surface area contributed by atoms with Gasteiger partial charge in [-0.3, -0.25) is 4.99 Å². The minimum Gasteiger partial charge on any atom is -0.384 e. The zero-order valence-corrected chi connectivity index (χ0v) is 25.7. The molecule has 2 aliphatic carbocycles. The molecule has 4 heteroatoms. The lowest BCUT2D eigenvalue weighted by molar-refractivity contribution is 0.106. The number of benzene rings is 3. The third-order valence-corrected chi connectivity index (χ3v) is 8.98.